The van der Waals surface area contributed by atoms with Crippen molar-refractivity contribution in [2.45, 2.75) is 19.5 Å². The van der Waals surface area contributed by atoms with Crippen LogP contribution in [0.5, 0.6) is 0 Å². The second-order valence-corrected chi connectivity index (χ2v) is 4.50. The molecular formula is C15H16FN3O. The van der Waals surface area contributed by atoms with Gasteiger partial charge in [-0.05, 0) is 30.2 Å². The van der Waals surface area contributed by atoms with E-state index in [1.54, 1.807) is 0 Å². The summed E-state index contributed by atoms with van der Waals surface area (Å²) in [7, 11) is 0. The molecule has 0 radical (unpaired) electrons. The maximum atomic E-state index is 12.7. The molecule has 0 saturated carbocycles. The number of hydrogen-bond acceptors (Lipinski definition) is 3. The molecule has 2 rings (SSSR count). The molecule has 0 aliphatic carbocycles. The van der Waals surface area contributed by atoms with Crippen LogP contribution < -0.4 is 11.1 Å². The van der Waals surface area contributed by atoms with Gasteiger partial charge in [0.25, 0.3) is 5.91 Å². The minimum Gasteiger partial charge on any atom is -0.344 e. The van der Waals surface area contributed by atoms with Gasteiger partial charge in [-0.3, -0.25) is 4.79 Å². The standard InChI is InChI=1S/C15H16FN3O/c1-10(12-4-2-11(8-17)3-5-12)19-15(20)14-7-6-13(16)9-18-14/h2-7,9-10H,8,17H2,1H3,(H,19,20). The molecular weight excluding hydrogens is 257 g/mol. The molecule has 1 heterocycles. The SMILES string of the molecule is CC(NC(=O)c1ccc(F)cn1)c1ccc(CN)cc1. The molecule has 0 aliphatic heterocycles. The number of nitrogens with one attached hydrogen (secondary N) is 1. The van der Waals surface area contributed by atoms with E-state index in [4.69, 9.17) is 5.73 Å². The average Bonchev–Trinajstić information content (AvgIpc) is 2.48. The first kappa shape index (κ1) is 14.1. The summed E-state index contributed by atoms with van der Waals surface area (Å²) in [5.41, 5.74) is 7.73. The zero-order valence-corrected chi connectivity index (χ0v) is 11.1. The van der Waals surface area contributed by atoms with Crippen molar-refractivity contribution in [1.29, 1.82) is 0 Å². The van der Waals surface area contributed by atoms with Crippen molar-refractivity contribution in [2.24, 2.45) is 5.73 Å². The highest BCUT2D eigenvalue weighted by Gasteiger charge is 2.12. The predicted octanol–water partition coefficient (Wildman–Crippen LogP) is 2.17. The number of rotatable bonds is 4. The molecule has 20 heavy (non-hydrogen) atoms. The molecule has 0 saturated heterocycles. The summed E-state index contributed by atoms with van der Waals surface area (Å²) in [6.45, 7) is 2.36. The summed E-state index contributed by atoms with van der Waals surface area (Å²) in [4.78, 5) is 15.7. The lowest BCUT2D eigenvalue weighted by atomic mass is 10.1. The molecule has 2 aromatic rings. The van der Waals surface area contributed by atoms with Gasteiger partial charge in [-0.15, -0.1) is 0 Å². The van der Waals surface area contributed by atoms with E-state index in [2.05, 4.69) is 10.3 Å². The minimum atomic E-state index is -0.466. The Bertz CT molecular complexity index is 581. The van der Waals surface area contributed by atoms with Crippen LogP contribution in [0, 0.1) is 5.82 Å². The normalized spacial score (nSPS) is 11.9. The van der Waals surface area contributed by atoms with Crippen LogP contribution in [0.15, 0.2) is 42.6 Å². The first-order chi connectivity index (χ1) is 9.60. The van der Waals surface area contributed by atoms with Gasteiger partial charge in [-0.1, -0.05) is 24.3 Å². The van der Waals surface area contributed by atoms with Gasteiger partial charge in [0.15, 0.2) is 0 Å². The number of nitrogens with two attached hydrogens (primary N) is 1. The third kappa shape index (κ3) is 3.39. The molecule has 0 fully saturated rings. The van der Waals surface area contributed by atoms with Crippen LogP contribution in [-0.4, -0.2) is 10.9 Å². The summed E-state index contributed by atoms with van der Waals surface area (Å²) in [6, 6.07) is 10.1. The fourth-order valence-electron chi connectivity index (χ4n) is 1.81. The molecule has 4 nitrogen and oxygen atoms in total. The first-order valence-corrected chi connectivity index (χ1v) is 6.31. The highest BCUT2D eigenvalue weighted by atomic mass is 19.1. The van der Waals surface area contributed by atoms with Crippen molar-refractivity contribution in [3.05, 3.63) is 65.2 Å². The molecule has 104 valence electrons. The highest BCUT2D eigenvalue weighted by Crippen LogP contribution is 2.14. The van der Waals surface area contributed by atoms with Crippen LogP contribution in [0.2, 0.25) is 0 Å². The molecule has 1 aromatic heterocycles. The van der Waals surface area contributed by atoms with Crippen molar-refractivity contribution in [2.75, 3.05) is 0 Å². The van der Waals surface area contributed by atoms with E-state index in [9.17, 15) is 9.18 Å². The number of halogens is 1. The van der Waals surface area contributed by atoms with Gasteiger partial charge in [0, 0.05) is 6.54 Å². The van der Waals surface area contributed by atoms with Crippen molar-refractivity contribution in [3.63, 3.8) is 0 Å². The number of nitrogens with zero attached hydrogens (tertiary/aromatic N) is 1. The van der Waals surface area contributed by atoms with Gasteiger partial charge in [-0.25, -0.2) is 9.37 Å². The van der Waals surface area contributed by atoms with Crippen molar-refractivity contribution >= 4 is 5.91 Å². The topological polar surface area (TPSA) is 68.0 Å². The molecule has 0 spiro atoms. The number of aromatic nitrogens is 1. The van der Waals surface area contributed by atoms with Crippen LogP contribution >= 0.6 is 0 Å². The largest absolute Gasteiger partial charge is 0.344 e. The van der Waals surface area contributed by atoms with Gasteiger partial charge in [-0.2, -0.15) is 0 Å². The number of pyridine rings is 1. The van der Waals surface area contributed by atoms with Gasteiger partial charge < -0.3 is 11.1 Å². The van der Waals surface area contributed by atoms with Crippen LogP contribution in [0.4, 0.5) is 4.39 Å². The van der Waals surface area contributed by atoms with Crippen LogP contribution in [-0.2, 0) is 6.54 Å². The maximum absolute atomic E-state index is 12.7. The fourth-order valence-corrected chi connectivity index (χ4v) is 1.81. The molecule has 1 unspecified atom stereocenters. The van der Waals surface area contributed by atoms with E-state index in [1.165, 1.54) is 12.1 Å². The Balaban J connectivity index is 2.04. The Morgan fingerprint density at radius 1 is 1.30 bits per heavy atom. The summed E-state index contributed by atoms with van der Waals surface area (Å²) in [6.07, 6.45) is 1.02. The lowest BCUT2D eigenvalue weighted by Crippen LogP contribution is -2.27. The number of carbonyl (C=O) groups is 1. The third-order valence-electron chi connectivity index (χ3n) is 3.02. The summed E-state index contributed by atoms with van der Waals surface area (Å²) < 4.78 is 12.7. The molecule has 1 amide bonds. The van der Waals surface area contributed by atoms with Gasteiger partial charge >= 0.3 is 0 Å². The number of benzene rings is 1. The first-order valence-electron chi connectivity index (χ1n) is 6.31. The van der Waals surface area contributed by atoms with Crippen molar-refractivity contribution in [1.82, 2.24) is 10.3 Å². The monoisotopic (exact) mass is 273 g/mol. The second kappa shape index (κ2) is 6.25. The summed E-state index contributed by atoms with van der Waals surface area (Å²) >= 11 is 0. The van der Waals surface area contributed by atoms with E-state index in [1.807, 2.05) is 31.2 Å². The van der Waals surface area contributed by atoms with E-state index < -0.39 is 5.82 Å². The summed E-state index contributed by atoms with van der Waals surface area (Å²) in [5, 5.41) is 2.81. The van der Waals surface area contributed by atoms with Gasteiger partial charge in [0.05, 0.1) is 12.2 Å². The molecule has 3 N–H and O–H groups in total. The smallest absolute Gasteiger partial charge is 0.270 e. The predicted molar refractivity (Wildman–Crippen MR) is 74.4 cm³/mol. The Hall–Kier alpha value is -2.27. The number of carbonyl (C=O) groups excluding carboxylic acids is 1. The zero-order valence-electron chi connectivity index (χ0n) is 11.1. The van der Waals surface area contributed by atoms with E-state index in [-0.39, 0.29) is 17.6 Å². The minimum absolute atomic E-state index is 0.166. The quantitative estimate of drug-likeness (QED) is 0.897. The lowest BCUT2D eigenvalue weighted by Gasteiger charge is -2.14. The molecule has 1 atom stereocenters. The van der Waals surface area contributed by atoms with Crippen LogP contribution in [0.25, 0.3) is 0 Å². The Labute approximate surface area is 116 Å². The fraction of sp³-hybridized carbons (Fsp3) is 0.200. The average molecular weight is 273 g/mol. The van der Waals surface area contributed by atoms with Crippen LogP contribution in [0.1, 0.15) is 34.6 Å². The zero-order chi connectivity index (χ0) is 14.5. The second-order valence-electron chi connectivity index (χ2n) is 4.50. The lowest BCUT2D eigenvalue weighted by molar-refractivity contribution is 0.0935. The number of amides is 1. The molecule has 1 aromatic carbocycles. The van der Waals surface area contributed by atoms with E-state index >= 15 is 0 Å². The third-order valence-corrected chi connectivity index (χ3v) is 3.02. The Morgan fingerprint density at radius 3 is 2.55 bits per heavy atom. The molecule has 5 heteroatoms. The highest BCUT2D eigenvalue weighted by molar-refractivity contribution is 5.92. The Morgan fingerprint density at radius 2 is 2.00 bits per heavy atom. The molecule has 0 bridgehead atoms. The van der Waals surface area contributed by atoms with Crippen molar-refractivity contribution < 1.29 is 9.18 Å². The van der Waals surface area contributed by atoms with E-state index in [0.29, 0.717) is 6.54 Å². The number of hydrogen-bond donors (Lipinski definition) is 2. The van der Waals surface area contributed by atoms with E-state index in [0.717, 1.165) is 17.3 Å². The maximum Gasteiger partial charge on any atom is 0.270 e. The van der Waals surface area contributed by atoms with Gasteiger partial charge in [0.1, 0.15) is 11.5 Å². The Kier molecular flexibility index (Phi) is 4.42. The van der Waals surface area contributed by atoms with Crippen molar-refractivity contribution in [3.8, 4) is 0 Å². The van der Waals surface area contributed by atoms with Crippen LogP contribution in [0.3, 0.4) is 0 Å². The summed E-state index contributed by atoms with van der Waals surface area (Å²) in [5.74, 6) is -0.799. The van der Waals surface area contributed by atoms with Gasteiger partial charge in [0.2, 0.25) is 0 Å². The molecule has 0 aliphatic rings.